The third-order valence-corrected chi connectivity index (χ3v) is 8.33. The summed E-state index contributed by atoms with van der Waals surface area (Å²) in [5.74, 6) is 0. The van der Waals surface area contributed by atoms with E-state index in [-0.39, 0.29) is 0 Å². The largest absolute Gasteiger partial charge is 0.464 e. The maximum atomic E-state index is 6.30. The number of furan rings is 2. The van der Waals surface area contributed by atoms with Crippen molar-refractivity contribution in [3.8, 4) is 22.3 Å². The molecule has 0 bridgehead atoms. The summed E-state index contributed by atoms with van der Waals surface area (Å²) in [6.45, 7) is 0. The second-order valence-corrected chi connectivity index (χ2v) is 10.4. The quantitative estimate of drug-likeness (QED) is 0.216. The summed E-state index contributed by atoms with van der Waals surface area (Å²) in [5.41, 5.74) is 7.59. The highest BCUT2D eigenvalue weighted by Crippen LogP contribution is 2.48. The first-order valence-electron chi connectivity index (χ1n) is 13.6. The highest BCUT2D eigenvalue weighted by molar-refractivity contribution is 6.27. The summed E-state index contributed by atoms with van der Waals surface area (Å²) in [4.78, 5) is 0. The molecule has 9 aromatic rings. The van der Waals surface area contributed by atoms with E-state index in [4.69, 9.17) is 8.83 Å². The molecule has 2 heterocycles. The maximum Gasteiger partial charge on any atom is 0.142 e. The number of hydrogen-bond donors (Lipinski definition) is 0. The summed E-state index contributed by atoms with van der Waals surface area (Å²) < 4.78 is 12.4. The van der Waals surface area contributed by atoms with Crippen LogP contribution in [0.4, 0.5) is 0 Å². The molecule has 0 atom stereocenters. The lowest BCUT2D eigenvalue weighted by molar-refractivity contribution is 0.619. The fourth-order valence-electron chi connectivity index (χ4n) is 6.69. The average Bonchev–Trinajstić information content (AvgIpc) is 3.65. The van der Waals surface area contributed by atoms with Gasteiger partial charge >= 0.3 is 0 Å². The van der Waals surface area contributed by atoms with Crippen molar-refractivity contribution in [1.29, 1.82) is 0 Å². The molecular formula is C38H22O2. The van der Waals surface area contributed by atoms with E-state index in [1.165, 1.54) is 49.2 Å². The highest BCUT2D eigenvalue weighted by Gasteiger charge is 2.21. The molecule has 0 saturated carbocycles. The van der Waals surface area contributed by atoms with Crippen LogP contribution in [0.25, 0.3) is 87.5 Å². The number of fused-ring (bicyclic) bond motifs is 8. The Kier molecular flexibility index (Phi) is 4.36. The molecule has 0 aliphatic rings. The zero-order chi connectivity index (χ0) is 26.2. The number of hydrogen-bond acceptors (Lipinski definition) is 2. The molecule has 186 valence electrons. The van der Waals surface area contributed by atoms with Crippen LogP contribution in [-0.4, -0.2) is 0 Å². The molecular weight excluding hydrogens is 488 g/mol. The molecule has 2 heteroatoms. The van der Waals surface area contributed by atoms with Gasteiger partial charge in [0.1, 0.15) is 16.7 Å². The molecule has 2 nitrogen and oxygen atoms in total. The smallest absolute Gasteiger partial charge is 0.142 e. The minimum absolute atomic E-state index is 0.908. The van der Waals surface area contributed by atoms with E-state index >= 15 is 0 Å². The number of rotatable bonds is 2. The Labute approximate surface area is 229 Å². The van der Waals surface area contributed by atoms with Crippen molar-refractivity contribution in [2.45, 2.75) is 0 Å². The third kappa shape index (κ3) is 2.88. The van der Waals surface area contributed by atoms with Crippen LogP contribution >= 0.6 is 0 Å². The molecule has 9 rings (SSSR count). The SMILES string of the molecule is c1ccc2c(c1)cc(-c1c3ccccc3c(-c3cccc4oc5ccccc5c34)c3ccccc13)c1ccoc12. The predicted molar refractivity (Wildman–Crippen MR) is 167 cm³/mol. The fraction of sp³-hybridized carbons (Fsp3) is 0. The Bertz CT molecular complexity index is 2320. The number of benzene rings is 7. The van der Waals surface area contributed by atoms with Crippen LogP contribution in [0, 0.1) is 0 Å². The van der Waals surface area contributed by atoms with Gasteiger partial charge < -0.3 is 8.83 Å². The lowest BCUT2D eigenvalue weighted by Gasteiger charge is -2.19. The Hall–Kier alpha value is -5.34. The van der Waals surface area contributed by atoms with Crippen molar-refractivity contribution in [1.82, 2.24) is 0 Å². The molecule has 0 radical (unpaired) electrons. The first kappa shape index (κ1) is 21.6. The van der Waals surface area contributed by atoms with Crippen LogP contribution in [-0.2, 0) is 0 Å². The molecule has 0 unspecified atom stereocenters. The molecule has 7 aromatic carbocycles. The molecule has 2 aromatic heterocycles. The molecule has 0 aliphatic carbocycles. The van der Waals surface area contributed by atoms with Crippen LogP contribution in [0.15, 0.2) is 142 Å². The third-order valence-electron chi connectivity index (χ3n) is 8.33. The molecule has 0 saturated heterocycles. The summed E-state index contributed by atoms with van der Waals surface area (Å²) >= 11 is 0. The molecule has 0 fully saturated rings. The minimum atomic E-state index is 0.908. The zero-order valence-electron chi connectivity index (χ0n) is 21.5. The van der Waals surface area contributed by atoms with Gasteiger partial charge in [-0.2, -0.15) is 0 Å². The second kappa shape index (κ2) is 8.08. The van der Waals surface area contributed by atoms with Gasteiger partial charge in [0.05, 0.1) is 6.26 Å². The van der Waals surface area contributed by atoms with E-state index in [1.807, 2.05) is 18.4 Å². The second-order valence-electron chi connectivity index (χ2n) is 10.4. The Morgan fingerprint density at radius 1 is 0.400 bits per heavy atom. The standard InChI is InChI=1S/C38H22O2/c1-2-11-24-23(10-1)22-32(29-20-21-39-38(24)29)36-27-14-5-3-12-25(27)35(26-13-4-6-15-28(26)36)31-17-9-19-34-37(31)30-16-7-8-18-33(30)40-34/h1-22H. The van der Waals surface area contributed by atoms with Crippen molar-refractivity contribution in [2.75, 3.05) is 0 Å². The first-order chi connectivity index (χ1) is 19.9. The van der Waals surface area contributed by atoms with Gasteiger partial charge in [-0.05, 0) is 73.5 Å². The minimum Gasteiger partial charge on any atom is -0.464 e. The van der Waals surface area contributed by atoms with E-state index in [0.29, 0.717) is 0 Å². The van der Waals surface area contributed by atoms with Crippen molar-refractivity contribution in [3.63, 3.8) is 0 Å². The number of para-hydroxylation sites is 1. The van der Waals surface area contributed by atoms with Crippen LogP contribution < -0.4 is 0 Å². The summed E-state index contributed by atoms with van der Waals surface area (Å²) in [6, 6.07) is 45.3. The summed E-state index contributed by atoms with van der Waals surface area (Å²) in [5, 5.41) is 10.6. The van der Waals surface area contributed by atoms with E-state index in [1.54, 1.807) is 0 Å². The van der Waals surface area contributed by atoms with Crippen molar-refractivity contribution in [3.05, 3.63) is 134 Å². The first-order valence-corrected chi connectivity index (χ1v) is 13.6. The van der Waals surface area contributed by atoms with Gasteiger partial charge in [0, 0.05) is 21.5 Å². The van der Waals surface area contributed by atoms with Crippen molar-refractivity contribution < 1.29 is 8.83 Å². The van der Waals surface area contributed by atoms with E-state index < -0.39 is 0 Å². The van der Waals surface area contributed by atoms with Crippen LogP contribution in [0.3, 0.4) is 0 Å². The molecule has 0 amide bonds. The van der Waals surface area contributed by atoms with Gasteiger partial charge in [-0.3, -0.25) is 0 Å². The predicted octanol–water partition coefficient (Wildman–Crippen LogP) is 11.1. The van der Waals surface area contributed by atoms with Gasteiger partial charge in [-0.1, -0.05) is 103 Å². The van der Waals surface area contributed by atoms with Gasteiger partial charge in [0.2, 0.25) is 0 Å². The van der Waals surface area contributed by atoms with Gasteiger partial charge in [-0.25, -0.2) is 0 Å². The Morgan fingerprint density at radius 2 is 0.975 bits per heavy atom. The molecule has 0 spiro atoms. The van der Waals surface area contributed by atoms with Gasteiger partial charge in [-0.15, -0.1) is 0 Å². The lowest BCUT2D eigenvalue weighted by atomic mass is 9.84. The van der Waals surface area contributed by atoms with Crippen molar-refractivity contribution >= 4 is 65.2 Å². The monoisotopic (exact) mass is 510 g/mol. The lowest BCUT2D eigenvalue weighted by Crippen LogP contribution is -1.92. The highest BCUT2D eigenvalue weighted by atomic mass is 16.3. The summed E-state index contributed by atoms with van der Waals surface area (Å²) in [7, 11) is 0. The Balaban J connectivity index is 1.49. The fourth-order valence-corrected chi connectivity index (χ4v) is 6.69. The Morgan fingerprint density at radius 3 is 1.70 bits per heavy atom. The van der Waals surface area contributed by atoms with Crippen LogP contribution in [0.5, 0.6) is 0 Å². The molecule has 0 aliphatic heterocycles. The van der Waals surface area contributed by atoms with E-state index in [2.05, 4.69) is 115 Å². The summed E-state index contributed by atoms with van der Waals surface area (Å²) in [6.07, 6.45) is 1.81. The zero-order valence-corrected chi connectivity index (χ0v) is 21.5. The van der Waals surface area contributed by atoms with Crippen LogP contribution in [0.2, 0.25) is 0 Å². The maximum absolute atomic E-state index is 6.30. The van der Waals surface area contributed by atoms with Crippen molar-refractivity contribution in [2.24, 2.45) is 0 Å². The topological polar surface area (TPSA) is 26.3 Å². The molecule has 40 heavy (non-hydrogen) atoms. The van der Waals surface area contributed by atoms with Gasteiger partial charge in [0.25, 0.3) is 0 Å². The van der Waals surface area contributed by atoms with E-state index in [9.17, 15) is 0 Å². The average molecular weight is 511 g/mol. The molecule has 0 N–H and O–H groups in total. The van der Waals surface area contributed by atoms with E-state index in [0.717, 1.165) is 38.3 Å². The normalized spacial score (nSPS) is 12.0. The van der Waals surface area contributed by atoms with Crippen LogP contribution in [0.1, 0.15) is 0 Å². The van der Waals surface area contributed by atoms with Gasteiger partial charge in [0.15, 0.2) is 0 Å².